The van der Waals surface area contributed by atoms with Crippen molar-refractivity contribution < 1.29 is 0 Å². The molecular weight excluding hydrogens is 310 g/mol. The van der Waals surface area contributed by atoms with Crippen molar-refractivity contribution >= 4 is 23.4 Å². The number of rotatable bonds is 15. The average molecular weight is 346 g/mol. The molecule has 0 saturated carbocycles. The van der Waals surface area contributed by atoms with Crippen molar-refractivity contribution in [2.24, 2.45) is 0 Å². The maximum Gasteiger partial charge on any atom is 0.154 e. The van der Waals surface area contributed by atoms with Crippen LogP contribution in [0.4, 0.5) is 0 Å². The SMILES string of the molecule is CCCCCCCCCCCCCCCCN1C=CSC1Cl. The third kappa shape index (κ3) is 10.8. The Balaban J connectivity index is 1.70. The molecule has 1 aliphatic rings. The van der Waals surface area contributed by atoms with E-state index in [0.29, 0.717) is 0 Å². The first-order valence-corrected chi connectivity index (χ1v) is 10.9. The van der Waals surface area contributed by atoms with Gasteiger partial charge >= 0.3 is 0 Å². The Hall–Kier alpha value is 0.180. The Morgan fingerprint density at radius 1 is 0.773 bits per heavy atom. The zero-order valence-corrected chi connectivity index (χ0v) is 16.1. The van der Waals surface area contributed by atoms with Crippen LogP contribution in [0.3, 0.4) is 0 Å². The van der Waals surface area contributed by atoms with Crippen molar-refractivity contribution in [2.75, 3.05) is 6.54 Å². The molecular formula is C19H36ClNS. The number of alkyl halides is 1. The zero-order chi connectivity index (χ0) is 15.9. The van der Waals surface area contributed by atoms with Gasteiger partial charge in [-0.3, -0.25) is 0 Å². The second kappa shape index (κ2) is 14.8. The summed E-state index contributed by atoms with van der Waals surface area (Å²) in [7, 11) is 0. The van der Waals surface area contributed by atoms with E-state index >= 15 is 0 Å². The van der Waals surface area contributed by atoms with E-state index in [1.807, 2.05) is 0 Å². The van der Waals surface area contributed by atoms with Crippen LogP contribution >= 0.6 is 23.4 Å². The molecule has 22 heavy (non-hydrogen) atoms. The quantitative estimate of drug-likeness (QED) is 0.171. The van der Waals surface area contributed by atoms with E-state index in [9.17, 15) is 0 Å². The summed E-state index contributed by atoms with van der Waals surface area (Å²) in [6.07, 6.45) is 22.0. The topological polar surface area (TPSA) is 3.24 Å². The lowest BCUT2D eigenvalue weighted by atomic mass is 10.0. The molecule has 0 fully saturated rings. The van der Waals surface area contributed by atoms with Crippen LogP contribution in [-0.2, 0) is 0 Å². The fraction of sp³-hybridized carbons (Fsp3) is 0.895. The second-order valence-electron chi connectivity index (χ2n) is 6.55. The first-order chi connectivity index (χ1) is 10.8. The molecule has 1 heterocycles. The van der Waals surface area contributed by atoms with Crippen LogP contribution in [0.5, 0.6) is 0 Å². The lowest BCUT2D eigenvalue weighted by Crippen LogP contribution is -2.20. The maximum atomic E-state index is 6.16. The Bertz CT molecular complexity index is 270. The predicted molar refractivity (Wildman–Crippen MR) is 103 cm³/mol. The van der Waals surface area contributed by atoms with Gasteiger partial charge in [-0.15, -0.1) is 0 Å². The van der Waals surface area contributed by atoms with Crippen LogP contribution in [0, 0.1) is 0 Å². The van der Waals surface area contributed by atoms with E-state index in [0.717, 1.165) is 6.54 Å². The molecule has 0 N–H and O–H groups in total. The summed E-state index contributed by atoms with van der Waals surface area (Å²) >= 11 is 7.87. The summed E-state index contributed by atoms with van der Waals surface area (Å²) in [4.78, 5) is 2.38. The van der Waals surface area contributed by atoms with Gasteiger partial charge in [0, 0.05) is 12.7 Å². The molecule has 0 saturated heterocycles. The minimum absolute atomic E-state index is 0.141. The molecule has 3 heteroatoms. The van der Waals surface area contributed by atoms with Gasteiger partial charge < -0.3 is 4.90 Å². The number of unbranched alkanes of at least 4 members (excludes halogenated alkanes) is 13. The van der Waals surface area contributed by atoms with Crippen LogP contribution in [0.25, 0.3) is 0 Å². The Morgan fingerprint density at radius 2 is 1.23 bits per heavy atom. The highest BCUT2D eigenvalue weighted by molar-refractivity contribution is 8.04. The van der Waals surface area contributed by atoms with Gasteiger partial charge in [0.1, 0.15) is 0 Å². The third-order valence-electron chi connectivity index (χ3n) is 4.47. The first-order valence-electron chi connectivity index (χ1n) is 9.56. The highest BCUT2D eigenvalue weighted by atomic mass is 35.5. The van der Waals surface area contributed by atoms with Crippen molar-refractivity contribution in [1.82, 2.24) is 4.90 Å². The summed E-state index contributed by atoms with van der Waals surface area (Å²) in [5, 5.41) is 2.10. The van der Waals surface area contributed by atoms with Crippen LogP contribution in [-0.4, -0.2) is 16.3 Å². The smallest absolute Gasteiger partial charge is 0.154 e. The summed E-state index contributed by atoms with van der Waals surface area (Å²) in [5.74, 6) is 0. The third-order valence-corrected chi connectivity index (χ3v) is 5.81. The van der Waals surface area contributed by atoms with Crippen LogP contribution in [0.15, 0.2) is 11.6 Å². The molecule has 1 unspecified atom stereocenters. The number of halogens is 1. The van der Waals surface area contributed by atoms with E-state index in [-0.39, 0.29) is 4.83 Å². The van der Waals surface area contributed by atoms with Gasteiger partial charge in [-0.25, -0.2) is 0 Å². The summed E-state index contributed by atoms with van der Waals surface area (Å²) in [5.41, 5.74) is 0. The van der Waals surface area contributed by atoms with Crippen molar-refractivity contribution in [3.63, 3.8) is 0 Å². The molecule has 0 aromatic heterocycles. The summed E-state index contributed by atoms with van der Waals surface area (Å²) in [6, 6.07) is 0. The fourth-order valence-corrected chi connectivity index (χ4v) is 4.02. The lowest BCUT2D eigenvalue weighted by Gasteiger charge is -2.19. The van der Waals surface area contributed by atoms with Gasteiger partial charge in [0.2, 0.25) is 0 Å². The van der Waals surface area contributed by atoms with E-state index in [2.05, 4.69) is 23.4 Å². The molecule has 0 spiro atoms. The van der Waals surface area contributed by atoms with E-state index < -0.39 is 0 Å². The molecule has 0 bridgehead atoms. The van der Waals surface area contributed by atoms with Crippen LogP contribution in [0.1, 0.15) is 96.8 Å². The number of hydrogen-bond acceptors (Lipinski definition) is 2. The van der Waals surface area contributed by atoms with Crippen molar-refractivity contribution in [3.8, 4) is 0 Å². The van der Waals surface area contributed by atoms with E-state index in [1.165, 1.54) is 89.9 Å². The molecule has 1 atom stereocenters. The zero-order valence-electron chi connectivity index (χ0n) is 14.6. The molecule has 0 amide bonds. The van der Waals surface area contributed by atoms with Gasteiger partial charge in [-0.2, -0.15) is 0 Å². The first kappa shape index (κ1) is 20.2. The molecule has 1 nitrogen and oxygen atoms in total. The lowest BCUT2D eigenvalue weighted by molar-refractivity contribution is 0.399. The largest absolute Gasteiger partial charge is 0.352 e. The van der Waals surface area contributed by atoms with Gasteiger partial charge in [-0.1, -0.05) is 114 Å². The summed E-state index contributed by atoms with van der Waals surface area (Å²) in [6.45, 7) is 3.41. The van der Waals surface area contributed by atoms with Gasteiger partial charge in [0.05, 0.1) is 0 Å². The monoisotopic (exact) mass is 345 g/mol. The van der Waals surface area contributed by atoms with Crippen molar-refractivity contribution in [1.29, 1.82) is 0 Å². The van der Waals surface area contributed by atoms with Crippen molar-refractivity contribution in [2.45, 2.75) is 102 Å². The molecule has 0 radical (unpaired) electrons. The summed E-state index contributed by atoms with van der Waals surface area (Å²) < 4.78 is 0. The Morgan fingerprint density at radius 3 is 1.64 bits per heavy atom. The maximum absolute atomic E-state index is 6.16. The number of thioether (sulfide) groups is 1. The van der Waals surface area contributed by atoms with Crippen LogP contribution in [0.2, 0.25) is 0 Å². The average Bonchev–Trinajstić information content (AvgIpc) is 2.93. The predicted octanol–water partition coefficient (Wildman–Crippen LogP) is 7.51. The molecule has 1 aliphatic heterocycles. The number of hydrogen-bond donors (Lipinski definition) is 0. The highest BCUT2D eigenvalue weighted by Gasteiger charge is 2.15. The molecule has 1 rings (SSSR count). The minimum Gasteiger partial charge on any atom is -0.352 e. The normalized spacial score (nSPS) is 17.5. The van der Waals surface area contributed by atoms with E-state index in [4.69, 9.17) is 11.6 Å². The van der Waals surface area contributed by atoms with E-state index in [1.54, 1.807) is 11.8 Å². The van der Waals surface area contributed by atoms with Crippen LogP contribution < -0.4 is 0 Å². The van der Waals surface area contributed by atoms with Gasteiger partial charge in [0.25, 0.3) is 0 Å². The van der Waals surface area contributed by atoms with Gasteiger partial charge in [-0.05, 0) is 11.8 Å². The number of nitrogens with zero attached hydrogens (tertiary/aromatic N) is 1. The minimum atomic E-state index is 0.141. The Kier molecular flexibility index (Phi) is 13.6. The Labute approximate surface area is 148 Å². The molecule has 0 aliphatic carbocycles. The standard InChI is InChI=1S/C19H36ClNS/c1-2-3-4-5-6-7-8-9-10-11-12-13-14-15-16-21-17-18-22-19(21)20/h17-19H,2-16H2,1H3. The molecule has 130 valence electrons. The fourth-order valence-electron chi connectivity index (χ4n) is 2.99. The van der Waals surface area contributed by atoms with Crippen molar-refractivity contribution in [3.05, 3.63) is 11.6 Å². The van der Waals surface area contributed by atoms with Gasteiger partial charge in [0.15, 0.2) is 4.83 Å². The molecule has 0 aromatic rings. The molecule has 0 aromatic carbocycles. The second-order valence-corrected chi connectivity index (χ2v) is 8.21. The highest BCUT2D eigenvalue weighted by Crippen LogP contribution is 2.28.